The lowest BCUT2D eigenvalue weighted by atomic mass is 10.1. The Labute approximate surface area is 148 Å². The molecule has 0 unspecified atom stereocenters. The lowest BCUT2D eigenvalue weighted by molar-refractivity contribution is -0.129. The summed E-state index contributed by atoms with van der Waals surface area (Å²) in [6, 6.07) is 16.8. The first-order valence-electron chi connectivity index (χ1n) is 8.92. The number of fused-ring (bicyclic) bond motifs is 1. The number of carbonyl (C=O) groups is 1. The molecule has 25 heavy (non-hydrogen) atoms. The molecule has 1 amide bonds. The molecule has 0 aliphatic carbocycles. The van der Waals surface area contributed by atoms with E-state index in [9.17, 15) is 4.79 Å². The van der Waals surface area contributed by atoms with Crippen LogP contribution in [0.15, 0.2) is 48.5 Å². The largest absolute Gasteiger partial charge is 0.333 e. The van der Waals surface area contributed by atoms with Crippen molar-refractivity contribution in [2.75, 3.05) is 6.54 Å². The van der Waals surface area contributed by atoms with Gasteiger partial charge in [0.05, 0.1) is 17.1 Å². The van der Waals surface area contributed by atoms with Gasteiger partial charge < -0.3 is 9.47 Å². The van der Waals surface area contributed by atoms with Gasteiger partial charge in [0.25, 0.3) is 0 Å². The third kappa shape index (κ3) is 2.82. The summed E-state index contributed by atoms with van der Waals surface area (Å²) in [5.74, 6) is 1.15. The molecule has 2 aromatic carbocycles. The molecule has 1 aliphatic rings. The number of carbonyl (C=O) groups excluding carboxylic acids is 1. The Kier molecular flexibility index (Phi) is 4.04. The normalized spacial score (nSPS) is 17.4. The van der Waals surface area contributed by atoms with E-state index in [0.717, 1.165) is 42.8 Å². The number of benzene rings is 2. The minimum atomic E-state index is 0.0777. The van der Waals surface area contributed by atoms with Gasteiger partial charge in [-0.05, 0) is 43.0 Å². The van der Waals surface area contributed by atoms with Gasteiger partial charge in [-0.25, -0.2) is 4.98 Å². The summed E-state index contributed by atoms with van der Waals surface area (Å²) < 4.78 is 2.30. The number of hydrogen-bond donors (Lipinski definition) is 0. The van der Waals surface area contributed by atoms with Crippen molar-refractivity contribution in [3.05, 3.63) is 65.5 Å². The highest BCUT2D eigenvalue weighted by Gasteiger charge is 2.32. The standard InChI is InChI=1S/C21H23N3O/c1-15-8-3-4-9-17(15)14-24-19-11-6-5-10-18(19)22-21(24)20-12-7-13-23(20)16(2)25/h3-6,8-11,20H,7,12-14H2,1-2H3/t20-/m1/s1. The zero-order valence-electron chi connectivity index (χ0n) is 14.8. The Morgan fingerprint density at radius 3 is 2.72 bits per heavy atom. The Hall–Kier alpha value is -2.62. The third-order valence-corrected chi connectivity index (χ3v) is 5.23. The summed E-state index contributed by atoms with van der Waals surface area (Å²) in [5, 5.41) is 0. The summed E-state index contributed by atoms with van der Waals surface area (Å²) in [5.41, 5.74) is 4.71. The Balaban J connectivity index is 1.84. The Morgan fingerprint density at radius 2 is 1.92 bits per heavy atom. The Bertz CT molecular complexity index is 928. The topological polar surface area (TPSA) is 38.1 Å². The van der Waals surface area contributed by atoms with Crippen molar-refractivity contribution < 1.29 is 4.79 Å². The van der Waals surface area contributed by atoms with Crippen LogP contribution in [0.1, 0.15) is 42.8 Å². The molecule has 1 fully saturated rings. The van der Waals surface area contributed by atoms with Crippen molar-refractivity contribution in [1.29, 1.82) is 0 Å². The molecule has 2 heterocycles. The first-order valence-corrected chi connectivity index (χ1v) is 8.92. The number of rotatable bonds is 3. The Morgan fingerprint density at radius 1 is 1.16 bits per heavy atom. The monoisotopic (exact) mass is 333 g/mol. The molecule has 1 saturated heterocycles. The maximum atomic E-state index is 12.1. The van der Waals surface area contributed by atoms with Crippen LogP contribution in [0.2, 0.25) is 0 Å². The molecule has 1 aromatic heterocycles. The summed E-state index contributed by atoms with van der Waals surface area (Å²) in [7, 11) is 0. The van der Waals surface area contributed by atoms with Crippen molar-refractivity contribution >= 4 is 16.9 Å². The van der Waals surface area contributed by atoms with E-state index in [1.54, 1.807) is 6.92 Å². The van der Waals surface area contributed by atoms with Crippen molar-refractivity contribution in [2.45, 2.75) is 39.3 Å². The van der Waals surface area contributed by atoms with Crippen LogP contribution < -0.4 is 0 Å². The minimum absolute atomic E-state index is 0.0777. The molecule has 4 heteroatoms. The van der Waals surface area contributed by atoms with E-state index in [-0.39, 0.29) is 11.9 Å². The average molecular weight is 333 g/mol. The quantitative estimate of drug-likeness (QED) is 0.724. The van der Waals surface area contributed by atoms with Gasteiger partial charge in [-0.15, -0.1) is 0 Å². The zero-order chi connectivity index (χ0) is 17.4. The van der Waals surface area contributed by atoms with Gasteiger partial charge in [0.15, 0.2) is 0 Å². The summed E-state index contributed by atoms with van der Waals surface area (Å²) in [6.45, 7) is 5.41. The van der Waals surface area contributed by atoms with Crippen LogP contribution in [0.5, 0.6) is 0 Å². The molecule has 0 N–H and O–H groups in total. The fourth-order valence-electron chi connectivity index (χ4n) is 3.88. The van der Waals surface area contributed by atoms with E-state index in [4.69, 9.17) is 4.98 Å². The number of aryl methyl sites for hydroxylation is 1. The average Bonchev–Trinajstić information content (AvgIpc) is 3.22. The molecule has 0 spiro atoms. The summed E-state index contributed by atoms with van der Waals surface area (Å²) >= 11 is 0. The third-order valence-electron chi connectivity index (χ3n) is 5.23. The minimum Gasteiger partial charge on any atom is -0.333 e. The van der Waals surface area contributed by atoms with Crippen LogP contribution in [0.3, 0.4) is 0 Å². The van der Waals surface area contributed by atoms with E-state index in [2.05, 4.69) is 54.0 Å². The van der Waals surface area contributed by atoms with Crippen LogP contribution in [-0.2, 0) is 11.3 Å². The number of para-hydroxylation sites is 2. The number of imidazole rings is 1. The van der Waals surface area contributed by atoms with Crippen LogP contribution in [0, 0.1) is 6.92 Å². The fourth-order valence-corrected chi connectivity index (χ4v) is 3.88. The summed E-state index contributed by atoms with van der Waals surface area (Å²) in [4.78, 5) is 18.9. The zero-order valence-corrected chi connectivity index (χ0v) is 14.8. The molecule has 4 rings (SSSR count). The molecule has 0 bridgehead atoms. The predicted octanol–water partition coefficient (Wildman–Crippen LogP) is 4.08. The lowest BCUT2D eigenvalue weighted by Crippen LogP contribution is -2.30. The number of amides is 1. The highest BCUT2D eigenvalue weighted by Crippen LogP contribution is 2.34. The van der Waals surface area contributed by atoms with Gasteiger partial charge in [0.1, 0.15) is 5.82 Å². The SMILES string of the molecule is CC(=O)N1CCC[C@@H]1c1nc2ccccc2n1Cc1ccccc1C. The van der Waals surface area contributed by atoms with Crippen LogP contribution in [0.25, 0.3) is 11.0 Å². The highest BCUT2D eigenvalue weighted by molar-refractivity contribution is 5.77. The molecular formula is C21H23N3O. The van der Waals surface area contributed by atoms with Gasteiger partial charge in [0.2, 0.25) is 5.91 Å². The van der Waals surface area contributed by atoms with E-state index < -0.39 is 0 Å². The first-order chi connectivity index (χ1) is 12.1. The lowest BCUT2D eigenvalue weighted by Gasteiger charge is -2.24. The van der Waals surface area contributed by atoms with E-state index in [1.165, 1.54) is 11.1 Å². The van der Waals surface area contributed by atoms with Crippen molar-refractivity contribution in [3.8, 4) is 0 Å². The fraction of sp³-hybridized carbons (Fsp3) is 0.333. The second-order valence-electron chi connectivity index (χ2n) is 6.84. The van der Waals surface area contributed by atoms with Crippen molar-refractivity contribution in [3.63, 3.8) is 0 Å². The molecular weight excluding hydrogens is 310 g/mol. The van der Waals surface area contributed by atoms with E-state index >= 15 is 0 Å². The van der Waals surface area contributed by atoms with Crippen LogP contribution >= 0.6 is 0 Å². The molecule has 1 atom stereocenters. The number of aromatic nitrogens is 2. The molecule has 1 aliphatic heterocycles. The van der Waals surface area contributed by atoms with E-state index in [0.29, 0.717) is 0 Å². The van der Waals surface area contributed by atoms with Gasteiger partial charge >= 0.3 is 0 Å². The molecule has 128 valence electrons. The van der Waals surface area contributed by atoms with Gasteiger partial charge in [-0.3, -0.25) is 4.79 Å². The first kappa shape index (κ1) is 15.9. The second-order valence-corrected chi connectivity index (χ2v) is 6.84. The highest BCUT2D eigenvalue weighted by atomic mass is 16.2. The van der Waals surface area contributed by atoms with Crippen molar-refractivity contribution in [1.82, 2.24) is 14.5 Å². The smallest absolute Gasteiger partial charge is 0.220 e. The molecule has 0 saturated carbocycles. The maximum Gasteiger partial charge on any atom is 0.220 e. The van der Waals surface area contributed by atoms with Gasteiger partial charge in [-0.2, -0.15) is 0 Å². The second kappa shape index (κ2) is 6.36. The van der Waals surface area contributed by atoms with Crippen LogP contribution in [-0.4, -0.2) is 26.9 Å². The summed E-state index contributed by atoms with van der Waals surface area (Å²) in [6.07, 6.45) is 2.02. The maximum absolute atomic E-state index is 12.1. The van der Waals surface area contributed by atoms with E-state index in [1.807, 2.05) is 11.0 Å². The number of nitrogens with zero attached hydrogens (tertiary/aromatic N) is 3. The van der Waals surface area contributed by atoms with Gasteiger partial charge in [0, 0.05) is 20.0 Å². The number of hydrogen-bond acceptors (Lipinski definition) is 2. The molecule has 0 radical (unpaired) electrons. The van der Waals surface area contributed by atoms with Gasteiger partial charge in [-0.1, -0.05) is 36.4 Å². The van der Waals surface area contributed by atoms with Crippen LogP contribution in [0.4, 0.5) is 0 Å². The molecule has 4 nitrogen and oxygen atoms in total. The van der Waals surface area contributed by atoms with Crippen molar-refractivity contribution in [2.24, 2.45) is 0 Å². The number of likely N-dealkylation sites (tertiary alicyclic amines) is 1. The predicted molar refractivity (Wildman–Crippen MR) is 99.4 cm³/mol. The molecule has 3 aromatic rings.